The average molecular weight is 568 g/mol. The van der Waals surface area contributed by atoms with Crippen molar-refractivity contribution in [2.24, 2.45) is 0 Å². The molecule has 0 saturated heterocycles. The second-order valence-corrected chi connectivity index (χ2v) is 10.0. The Morgan fingerprint density at radius 3 is 2.08 bits per heavy atom. The summed E-state index contributed by atoms with van der Waals surface area (Å²) in [5.74, 6) is -1.48. The molecule has 0 aliphatic rings. The van der Waals surface area contributed by atoms with Crippen molar-refractivity contribution in [2.45, 2.75) is 22.8 Å². The molecular formula is C22H18F6N2O7S. The number of nitrogens with zero attached hydrogens (tertiary/aromatic N) is 1. The quantitative estimate of drug-likeness (QED) is 0.365. The Bertz CT molecular complexity index is 1460. The number of ether oxygens (including phenoxy) is 1. The molecule has 9 nitrogen and oxygen atoms in total. The number of fused-ring (bicyclic) bond motifs is 1. The molecule has 3 aromatic rings. The molecule has 0 aliphatic carbocycles. The zero-order valence-corrected chi connectivity index (χ0v) is 19.9. The summed E-state index contributed by atoms with van der Waals surface area (Å²) < 4.78 is 108. The highest BCUT2D eigenvalue weighted by Gasteiger charge is 2.71. The van der Waals surface area contributed by atoms with E-state index in [0.717, 1.165) is 18.3 Å². The van der Waals surface area contributed by atoms with E-state index in [9.17, 15) is 54.6 Å². The van der Waals surface area contributed by atoms with Crippen molar-refractivity contribution in [3.8, 4) is 0 Å². The molecule has 0 saturated carbocycles. The number of carbonyl (C=O) groups excluding carboxylic acids is 1. The molecule has 3 rings (SSSR count). The van der Waals surface area contributed by atoms with Crippen LogP contribution in [0, 0.1) is 0 Å². The number of methoxy groups -OCH3 is 1. The van der Waals surface area contributed by atoms with E-state index >= 15 is 0 Å². The van der Waals surface area contributed by atoms with Crippen LogP contribution >= 0.6 is 0 Å². The first-order valence-electron chi connectivity index (χ1n) is 10.3. The molecule has 206 valence electrons. The Labute approximate surface area is 210 Å². The van der Waals surface area contributed by atoms with E-state index in [2.05, 4.69) is 5.32 Å². The van der Waals surface area contributed by atoms with Gasteiger partial charge in [-0.15, -0.1) is 0 Å². The molecule has 0 unspecified atom stereocenters. The van der Waals surface area contributed by atoms with Gasteiger partial charge in [0.15, 0.2) is 9.84 Å². The molecule has 1 aromatic heterocycles. The normalized spacial score (nSPS) is 13.1. The number of sulfone groups is 1. The van der Waals surface area contributed by atoms with Crippen molar-refractivity contribution in [3.63, 3.8) is 0 Å². The van der Waals surface area contributed by atoms with Crippen LogP contribution in [0.25, 0.3) is 10.8 Å². The van der Waals surface area contributed by atoms with Gasteiger partial charge in [0.25, 0.3) is 11.5 Å². The molecule has 0 spiro atoms. The fourth-order valence-electron chi connectivity index (χ4n) is 3.56. The second-order valence-electron chi connectivity index (χ2n) is 7.93. The largest absolute Gasteiger partial charge is 0.464 e. The average Bonchev–Trinajstić information content (AvgIpc) is 3.21. The molecule has 1 heterocycles. The highest BCUT2D eigenvalue weighted by molar-refractivity contribution is 7.91. The summed E-state index contributed by atoms with van der Waals surface area (Å²) in [7, 11) is -2.50. The smallest absolute Gasteiger partial charge is 0.430 e. The fourth-order valence-corrected chi connectivity index (χ4v) is 4.76. The number of nitrogens with one attached hydrogen (secondary N) is 1. The lowest BCUT2D eigenvalue weighted by atomic mass is 9.92. The molecule has 0 bridgehead atoms. The van der Waals surface area contributed by atoms with Gasteiger partial charge in [0, 0.05) is 35.3 Å². The predicted octanol–water partition coefficient (Wildman–Crippen LogP) is 4.15. The Morgan fingerprint density at radius 2 is 1.58 bits per heavy atom. The first-order valence-corrected chi connectivity index (χ1v) is 12.0. The van der Waals surface area contributed by atoms with Crippen LogP contribution in [-0.2, 0) is 20.2 Å². The molecule has 0 atom stereocenters. The molecular weight excluding hydrogens is 550 g/mol. The number of hydrogen-bond acceptors (Lipinski definition) is 6. The third-order valence-corrected chi connectivity index (χ3v) is 7.18. The van der Waals surface area contributed by atoms with Gasteiger partial charge in [-0.25, -0.2) is 17.8 Å². The first-order chi connectivity index (χ1) is 17.4. The number of benzene rings is 2. The van der Waals surface area contributed by atoms with Gasteiger partial charge in [-0.05, 0) is 24.3 Å². The Kier molecular flexibility index (Phi) is 7.55. The fraction of sp³-hybridized carbons (Fsp3) is 0.273. The number of alkyl halides is 6. The van der Waals surface area contributed by atoms with E-state index in [1.165, 1.54) is 13.2 Å². The van der Waals surface area contributed by atoms with Gasteiger partial charge in [-0.3, -0.25) is 4.79 Å². The van der Waals surface area contributed by atoms with Gasteiger partial charge in [-0.2, -0.15) is 26.3 Å². The number of halogens is 6. The van der Waals surface area contributed by atoms with E-state index in [1.54, 1.807) is 0 Å². The lowest BCUT2D eigenvalue weighted by Crippen LogP contribution is -2.53. The zero-order valence-electron chi connectivity index (χ0n) is 19.1. The number of rotatable bonds is 7. The van der Waals surface area contributed by atoms with Gasteiger partial charge >= 0.3 is 18.4 Å². The summed E-state index contributed by atoms with van der Waals surface area (Å²) in [6.45, 7) is -0.105. The highest BCUT2D eigenvalue weighted by Crippen LogP contribution is 2.50. The van der Waals surface area contributed by atoms with Crippen LogP contribution in [0.3, 0.4) is 0 Å². The highest BCUT2D eigenvalue weighted by atomic mass is 32.2. The van der Waals surface area contributed by atoms with E-state index in [4.69, 9.17) is 4.74 Å². The monoisotopic (exact) mass is 568 g/mol. The number of anilines is 1. The lowest BCUT2D eigenvalue weighted by Gasteiger charge is -2.32. The van der Waals surface area contributed by atoms with Crippen molar-refractivity contribution in [2.75, 3.05) is 24.8 Å². The van der Waals surface area contributed by atoms with E-state index in [-0.39, 0.29) is 33.7 Å². The summed E-state index contributed by atoms with van der Waals surface area (Å²) in [5.41, 5.74) is -7.55. The first kappa shape index (κ1) is 28.9. The SMILES string of the molecule is COCCS(=O)(=O)c1ccc2c(C(=O)Nc3ccc(C(O)(C(F)(F)F)C(F)(F)F)cc3)n(C(=O)O)cc2c1. The minimum absolute atomic E-state index is 0.00395. The topological polar surface area (TPSA) is 135 Å². The van der Waals surface area contributed by atoms with Crippen molar-refractivity contribution in [1.29, 1.82) is 0 Å². The van der Waals surface area contributed by atoms with Gasteiger partial charge in [0.05, 0.1) is 17.3 Å². The van der Waals surface area contributed by atoms with Crippen molar-refractivity contribution in [3.05, 3.63) is 59.9 Å². The minimum Gasteiger partial charge on any atom is -0.464 e. The maximum absolute atomic E-state index is 13.1. The Hall–Kier alpha value is -3.63. The maximum atomic E-state index is 13.1. The van der Waals surface area contributed by atoms with Crippen LogP contribution in [0.2, 0.25) is 0 Å². The van der Waals surface area contributed by atoms with E-state index < -0.39 is 51.0 Å². The second kappa shape index (κ2) is 9.92. The molecule has 0 aliphatic heterocycles. The standard InChI is InChI=1S/C22H18F6N2O7S/c1-37-8-9-38(35,36)15-6-7-16-12(10-15)11-30(19(32)33)17(16)18(31)29-14-4-2-13(3-5-14)20(34,21(23,24)25)22(26,27)28/h2-7,10-11,34H,8-9H2,1H3,(H,29,31)(H,32,33). The summed E-state index contributed by atoms with van der Waals surface area (Å²) in [5, 5.41) is 21.2. The number of aliphatic hydroxyl groups is 1. The molecule has 1 amide bonds. The van der Waals surface area contributed by atoms with E-state index in [1.807, 2.05) is 0 Å². The lowest BCUT2D eigenvalue weighted by molar-refractivity contribution is -0.376. The van der Waals surface area contributed by atoms with Crippen LogP contribution in [-0.4, -0.2) is 67.0 Å². The molecule has 2 aromatic carbocycles. The van der Waals surface area contributed by atoms with E-state index in [0.29, 0.717) is 28.8 Å². The van der Waals surface area contributed by atoms with Gasteiger partial charge in [-0.1, -0.05) is 18.2 Å². The minimum atomic E-state index is -6.10. The Balaban J connectivity index is 1.98. The van der Waals surface area contributed by atoms with Crippen molar-refractivity contribution >= 4 is 38.3 Å². The van der Waals surface area contributed by atoms with Crippen molar-refractivity contribution in [1.82, 2.24) is 4.57 Å². The van der Waals surface area contributed by atoms with Crippen LogP contribution < -0.4 is 5.32 Å². The van der Waals surface area contributed by atoms with Crippen LogP contribution in [0.4, 0.5) is 36.8 Å². The van der Waals surface area contributed by atoms with Crippen LogP contribution in [0.5, 0.6) is 0 Å². The van der Waals surface area contributed by atoms with Crippen LogP contribution in [0.1, 0.15) is 16.1 Å². The number of hydrogen-bond donors (Lipinski definition) is 3. The van der Waals surface area contributed by atoms with Gasteiger partial charge < -0.3 is 20.3 Å². The maximum Gasteiger partial charge on any atom is 0.430 e. The molecule has 0 fully saturated rings. The Morgan fingerprint density at radius 1 is 1.00 bits per heavy atom. The molecule has 0 radical (unpaired) electrons. The summed E-state index contributed by atoms with van der Waals surface area (Å²) >= 11 is 0. The number of carboxylic acid groups (broad SMARTS) is 1. The van der Waals surface area contributed by atoms with Gasteiger partial charge in [0.2, 0.25) is 0 Å². The van der Waals surface area contributed by atoms with Crippen LogP contribution in [0.15, 0.2) is 53.6 Å². The number of carbonyl (C=O) groups is 2. The van der Waals surface area contributed by atoms with Crippen molar-refractivity contribution < 1.29 is 59.3 Å². The summed E-state index contributed by atoms with van der Waals surface area (Å²) in [4.78, 5) is 24.4. The summed E-state index contributed by atoms with van der Waals surface area (Å²) in [6, 6.07) is 5.39. The molecule has 16 heteroatoms. The number of aromatic nitrogens is 1. The predicted molar refractivity (Wildman–Crippen MR) is 120 cm³/mol. The molecule has 3 N–H and O–H groups in total. The zero-order chi connectivity index (χ0) is 28.7. The van der Waals surface area contributed by atoms with Gasteiger partial charge in [0.1, 0.15) is 5.69 Å². The number of amides is 1. The summed E-state index contributed by atoms with van der Waals surface area (Å²) in [6.07, 6.45) is -12.9. The third-order valence-electron chi connectivity index (χ3n) is 5.50. The third kappa shape index (κ3) is 5.19. The molecule has 38 heavy (non-hydrogen) atoms.